The van der Waals surface area contributed by atoms with Gasteiger partial charge in [-0.3, -0.25) is 0 Å². The molecule has 0 aromatic heterocycles. The summed E-state index contributed by atoms with van der Waals surface area (Å²) in [5.74, 6) is -0.396. The zero-order chi connectivity index (χ0) is 14.6. The number of carbonyl (C=O) groups is 1. The van der Waals surface area contributed by atoms with E-state index >= 15 is 0 Å². The summed E-state index contributed by atoms with van der Waals surface area (Å²) in [6.07, 6.45) is -0.609. The van der Waals surface area contributed by atoms with E-state index in [1.807, 2.05) is 13.8 Å². The molecule has 1 aromatic rings. The van der Waals surface area contributed by atoms with E-state index in [1.54, 1.807) is 19.9 Å². The van der Waals surface area contributed by atoms with Gasteiger partial charge in [-0.15, -0.1) is 0 Å². The van der Waals surface area contributed by atoms with Gasteiger partial charge in [-0.25, -0.2) is 9.18 Å². The van der Waals surface area contributed by atoms with Gasteiger partial charge in [0.05, 0.1) is 6.10 Å². The number of nitrogens with zero attached hydrogens (tertiary/aromatic N) is 1. The Kier molecular flexibility index (Phi) is 5.30. The van der Waals surface area contributed by atoms with Gasteiger partial charge in [-0.2, -0.15) is 0 Å². The highest BCUT2D eigenvalue weighted by Crippen LogP contribution is 2.17. The molecule has 106 valence electrons. The molecule has 2 N–H and O–H groups in total. The number of benzene rings is 1. The smallest absolute Gasteiger partial charge is 0.322 e. The molecule has 0 aliphatic heterocycles. The second kappa shape index (κ2) is 6.52. The minimum Gasteiger partial charge on any atom is -0.392 e. The Morgan fingerprint density at radius 2 is 2.05 bits per heavy atom. The quantitative estimate of drug-likeness (QED) is 0.882. The van der Waals surface area contributed by atoms with Crippen LogP contribution in [0.15, 0.2) is 18.2 Å². The molecular weight excluding hydrogens is 247 g/mol. The normalized spacial score (nSPS) is 12.4. The summed E-state index contributed by atoms with van der Waals surface area (Å²) in [4.78, 5) is 13.6. The molecule has 1 unspecified atom stereocenters. The van der Waals surface area contributed by atoms with Crippen LogP contribution in [0.3, 0.4) is 0 Å². The molecule has 0 saturated heterocycles. The Morgan fingerprint density at radius 1 is 1.42 bits per heavy atom. The topological polar surface area (TPSA) is 52.6 Å². The van der Waals surface area contributed by atoms with Gasteiger partial charge in [-0.1, -0.05) is 6.07 Å². The lowest BCUT2D eigenvalue weighted by Crippen LogP contribution is -2.43. The molecule has 1 atom stereocenters. The van der Waals surface area contributed by atoms with Crippen molar-refractivity contribution in [1.82, 2.24) is 4.90 Å². The van der Waals surface area contributed by atoms with Gasteiger partial charge in [0.2, 0.25) is 0 Å². The highest BCUT2D eigenvalue weighted by atomic mass is 19.1. The third kappa shape index (κ3) is 4.52. The Morgan fingerprint density at radius 3 is 2.58 bits per heavy atom. The van der Waals surface area contributed by atoms with Crippen LogP contribution in [0.4, 0.5) is 14.9 Å². The van der Waals surface area contributed by atoms with Crippen LogP contribution in [0.25, 0.3) is 0 Å². The molecule has 1 aromatic carbocycles. The van der Waals surface area contributed by atoms with Gasteiger partial charge in [0.1, 0.15) is 5.82 Å². The number of hydrogen-bond donors (Lipinski definition) is 2. The van der Waals surface area contributed by atoms with E-state index in [1.165, 1.54) is 17.0 Å². The second-order valence-corrected chi connectivity index (χ2v) is 4.98. The van der Waals surface area contributed by atoms with Gasteiger partial charge in [0.15, 0.2) is 0 Å². The first kappa shape index (κ1) is 15.4. The van der Waals surface area contributed by atoms with E-state index in [0.717, 1.165) is 5.56 Å². The third-order valence-corrected chi connectivity index (χ3v) is 2.79. The monoisotopic (exact) mass is 268 g/mol. The van der Waals surface area contributed by atoms with Crippen LogP contribution in [0.2, 0.25) is 0 Å². The Labute approximate surface area is 113 Å². The number of nitrogens with one attached hydrogen (secondary N) is 1. The van der Waals surface area contributed by atoms with Crippen molar-refractivity contribution in [3.63, 3.8) is 0 Å². The molecule has 2 amide bonds. The fourth-order valence-corrected chi connectivity index (χ4v) is 1.73. The maximum atomic E-state index is 13.2. The number of rotatable bonds is 4. The molecule has 0 aliphatic rings. The predicted molar refractivity (Wildman–Crippen MR) is 73.7 cm³/mol. The van der Waals surface area contributed by atoms with Crippen molar-refractivity contribution >= 4 is 11.7 Å². The van der Waals surface area contributed by atoms with E-state index in [4.69, 9.17) is 0 Å². The van der Waals surface area contributed by atoms with E-state index < -0.39 is 11.9 Å². The maximum absolute atomic E-state index is 13.2. The molecule has 0 fully saturated rings. The maximum Gasteiger partial charge on any atom is 0.322 e. The fraction of sp³-hybridized carbons (Fsp3) is 0.500. The van der Waals surface area contributed by atoms with Crippen molar-refractivity contribution in [2.45, 2.75) is 39.8 Å². The van der Waals surface area contributed by atoms with Gasteiger partial charge in [0.25, 0.3) is 0 Å². The lowest BCUT2D eigenvalue weighted by Gasteiger charge is -2.28. The summed E-state index contributed by atoms with van der Waals surface area (Å²) in [5, 5.41) is 12.1. The number of aliphatic hydroxyl groups excluding tert-OH is 1. The first-order valence-electron chi connectivity index (χ1n) is 6.33. The molecule has 0 bridgehead atoms. The zero-order valence-electron chi connectivity index (χ0n) is 11.8. The molecule has 0 saturated carbocycles. The Balaban J connectivity index is 2.84. The predicted octanol–water partition coefficient (Wildman–Crippen LogP) is 2.76. The minimum atomic E-state index is -0.609. The molecule has 1 rings (SSSR count). The molecule has 4 nitrogen and oxygen atoms in total. The summed E-state index contributed by atoms with van der Waals surface area (Å²) >= 11 is 0. The third-order valence-electron chi connectivity index (χ3n) is 2.79. The molecule has 0 radical (unpaired) electrons. The number of hydrogen-bond acceptors (Lipinski definition) is 2. The van der Waals surface area contributed by atoms with E-state index in [2.05, 4.69) is 5.32 Å². The number of halogens is 1. The Bertz CT molecular complexity index is 447. The first-order valence-corrected chi connectivity index (χ1v) is 6.33. The minimum absolute atomic E-state index is 0.0523. The average Bonchev–Trinajstić information content (AvgIpc) is 2.30. The van der Waals surface area contributed by atoms with E-state index in [-0.39, 0.29) is 18.6 Å². The zero-order valence-corrected chi connectivity index (χ0v) is 11.8. The van der Waals surface area contributed by atoms with Crippen molar-refractivity contribution < 1.29 is 14.3 Å². The number of anilines is 1. The lowest BCUT2D eigenvalue weighted by atomic mass is 10.2. The van der Waals surface area contributed by atoms with Crippen LogP contribution in [-0.4, -0.2) is 34.7 Å². The Hall–Kier alpha value is -1.62. The highest BCUT2D eigenvalue weighted by Gasteiger charge is 2.19. The van der Waals surface area contributed by atoms with Gasteiger partial charge in [-0.05, 0) is 45.4 Å². The van der Waals surface area contributed by atoms with Crippen LogP contribution < -0.4 is 5.32 Å². The number of urea groups is 1. The summed E-state index contributed by atoms with van der Waals surface area (Å²) in [6.45, 7) is 7.37. The molecule has 19 heavy (non-hydrogen) atoms. The standard InChI is InChI=1S/C14H21FN2O2/c1-9(2)17(8-11(4)18)14(19)16-13-7-12(15)6-5-10(13)3/h5-7,9,11,18H,8H2,1-4H3,(H,16,19). The van der Waals surface area contributed by atoms with Crippen molar-refractivity contribution in [3.05, 3.63) is 29.6 Å². The number of amides is 2. The lowest BCUT2D eigenvalue weighted by molar-refractivity contribution is 0.125. The molecule has 0 aliphatic carbocycles. The van der Waals surface area contributed by atoms with E-state index in [9.17, 15) is 14.3 Å². The molecule has 0 heterocycles. The van der Waals surface area contributed by atoms with Crippen LogP contribution in [-0.2, 0) is 0 Å². The number of aliphatic hydroxyl groups is 1. The van der Waals surface area contributed by atoms with Gasteiger partial charge in [0, 0.05) is 18.3 Å². The highest BCUT2D eigenvalue weighted by molar-refractivity contribution is 5.90. The summed E-state index contributed by atoms with van der Waals surface area (Å²) in [5.41, 5.74) is 1.23. The molecule has 5 heteroatoms. The van der Waals surface area contributed by atoms with Crippen molar-refractivity contribution in [2.24, 2.45) is 0 Å². The largest absolute Gasteiger partial charge is 0.392 e. The number of aryl methyl sites for hydroxylation is 1. The molecule has 0 spiro atoms. The second-order valence-electron chi connectivity index (χ2n) is 4.98. The fourth-order valence-electron chi connectivity index (χ4n) is 1.73. The molecular formula is C14H21FN2O2. The van der Waals surface area contributed by atoms with Crippen molar-refractivity contribution in [2.75, 3.05) is 11.9 Å². The van der Waals surface area contributed by atoms with Crippen LogP contribution in [0, 0.1) is 12.7 Å². The van der Waals surface area contributed by atoms with Crippen LogP contribution >= 0.6 is 0 Å². The van der Waals surface area contributed by atoms with E-state index in [0.29, 0.717) is 5.69 Å². The summed E-state index contributed by atoms with van der Waals surface area (Å²) < 4.78 is 13.2. The van der Waals surface area contributed by atoms with Gasteiger partial charge < -0.3 is 15.3 Å². The van der Waals surface area contributed by atoms with Gasteiger partial charge >= 0.3 is 6.03 Å². The average molecular weight is 268 g/mol. The van der Waals surface area contributed by atoms with Crippen LogP contribution in [0.5, 0.6) is 0 Å². The summed E-state index contributed by atoms with van der Waals surface area (Å²) in [6, 6.07) is 3.85. The van der Waals surface area contributed by atoms with Crippen molar-refractivity contribution in [1.29, 1.82) is 0 Å². The first-order chi connectivity index (χ1) is 8.81. The van der Waals surface area contributed by atoms with Crippen LogP contribution in [0.1, 0.15) is 26.3 Å². The summed E-state index contributed by atoms with van der Waals surface area (Å²) in [7, 11) is 0. The SMILES string of the molecule is Cc1ccc(F)cc1NC(=O)N(CC(C)O)C(C)C. The van der Waals surface area contributed by atoms with Crippen molar-refractivity contribution in [3.8, 4) is 0 Å². The number of carbonyl (C=O) groups excluding carboxylic acids is 1.